The predicted molar refractivity (Wildman–Crippen MR) is 53.5 cm³/mol. The molecule has 1 aromatic rings. The molecular weight excluding hydrogens is 194 g/mol. The van der Waals surface area contributed by atoms with Gasteiger partial charge in [-0.1, -0.05) is 0 Å². The first-order chi connectivity index (χ1) is 7.36. The summed E-state index contributed by atoms with van der Waals surface area (Å²) < 4.78 is 10.5. The number of pyridine rings is 1. The van der Waals surface area contributed by atoms with Crippen LogP contribution < -0.4 is 0 Å². The highest BCUT2D eigenvalue weighted by Gasteiger charge is 2.17. The summed E-state index contributed by atoms with van der Waals surface area (Å²) in [5.74, 6) is 0.0854. The quantitative estimate of drug-likeness (QED) is 0.700. The summed E-state index contributed by atoms with van der Waals surface area (Å²) in [6.07, 6.45) is 4.09. The standard InChI is InChI=1S/C11H13NO3/c13-10(9-2-1-5-12-8-9)3-4-11-14-6-7-15-11/h1-2,5,8,11H,3-4,6-7H2. The van der Waals surface area contributed by atoms with Crippen LogP contribution in [0, 0.1) is 0 Å². The lowest BCUT2D eigenvalue weighted by molar-refractivity contribution is -0.0464. The highest BCUT2D eigenvalue weighted by atomic mass is 16.7. The van der Waals surface area contributed by atoms with Gasteiger partial charge in [0.05, 0.1) is 13.2 Å². The Kier molecular flexibility index (Phi) is 3.42. The van der Waals surface area contributed by atoms with Crippen molar-refractivity contribution in [3.8, 4) is 0 Å². The Bertz CT molecular complexity index is 320. The van der Waals surface area contributed by atoms with Crippen molar-refractivity contribution in [1.29, 1.82) is 0 Å². The van der Waals surface area contributed by atoms with Crippen molar-refractivity contribution in [2.45, 2.75) is 19.1 Å². The maximum atomic E-state index is 11.7. The molecule has 4 heteroatoms. The predicted octanol–water partition coefficient (Wildman–Crippen LogP) is 1.42. The van der Waals surface area contributed by atoms with E-state index in [4.69, 9.17) is 9.47 Å². The molecule has 1 fully saturated rings. The molecule has 1 aliphatic rings. The number of ether oxygens (including phenoxy) is 2. The second kappa shape index (κ2) is 5.00. The molecule has 0 saturated carbocycles. The lowest BCUT2D eigenvalue weighted by atomic mass is 10.1. The van der Waals surface area contributed by atoms with E-state index in [9.17, 15) is 4.79 Å². The van der Waals surface area contributed by atoms with Gasteiger partial charge in [-0.2, -0.15) is 0 Å². The van der Waals surface area contributed by atoms with Crippen molar-refractivity contribution >= 4 is 5.78 Å². The normalized spacial score (nSPS) is 16.8. The summed E-state index contributed by atoms with van der Waals surface area (Å²) in [5, 5.41) is 0. The number of carbonyl (C=O) groups excluding carboxylic acids is 1. The van der Waals surface area contributed by atoms with Gasteiger partial charge < -0.3 is 9.47 Å². The summed E-state index contributed by atoms with van der Waals surface area (Å²) in [5.41, 5.74) is 0.649. The maximum absolute atomic E-state index is 11.7. The third-order valence-corrected chi connectivity index (χ3v) is 2.28. The van der Waals surface area contributed by atoms with Crippen LogP contribution in [-0.4, -0.2) is 30.3 Å². The number of aromatic nitrogens is 1. The van der Waals surface area contributed by atoms with E-state index in [-0.39, 0.29) is 12.1 Å². The number of nitrogens with zero attached hydrogens (tertiary/aromatic N) is 1. The zero-order valence-corrected chi connectivity index (χ0v) is 8.39. The van der Waals surface area contributed by atoms with E-state index in [0.29, 0.717) is 31.6 Å². The Morgan fingerprint density at radius 2 is 2.27 bits per heavy atom. The van der Waals surface area contributed by atoms with Crippen molar-refractivity contribution in [3.05, 3.63) is 30.1 Å². The zero-order chi connectivity index (χ0) is 10.5. The molecule has 0 atom stereocenters. The maximum Gasteiger partial charge on any atom is 0.164 e. The van der Waals surface area contributed by atoms with E-state index in [1.54, 1.807) is 24.5 Å². The molecule has 0 amide bonds. The number of carbonyl (C=O) groups is 1. The molecule has 0 radical (unpaired) electrons. The topological polar surface area (TPSA) is 48.4 Å². The minimum absolute atomic E-state index is 0.0854. The van der Waals surface area contributed by atoms with Crippen molar-refractivity contribution in [3.63, 3.8) is 0 Å². The Balaban J connectivity index is 1.82. The molecule has 1 saturated heterocycles. The van der Waals surface area contributed by atoms with E-state index in [2.05, 4.69) is 4.98 Å². The van der Waals surface area contributed by atoms with Crippen molar-refractivity contribution in [2.24, 2.45) is 0 Å². The molecule has 0 spiro atoms. The first-order valence-corrected chi connectivity index (χ1v) is 5.03. The fraction of sp³-hybridized carbons (Fsp3) is 0.455. The van der Waals surface area contributed by atoms with Gasteiger partial charge in [-0.25, -0.2) is 0 Å². The lowest BCUT2D eigenvalue weighted by Gasteiger charge is -2.07. The highest BCUT2D eigenvalue weighted by Crippen LogP contribution is 2.12. The average Bonchev–Trinajstić information content (AvgIpc) is 2.80. The van der Waals surface area contributed by atoms with E-state index in [1.165, 1.54) is 0 Å². The molecule has 0 bridgehead atoms. The largest absolute Gasteiger partial charge is 0.350 e. The Morgan fingerprint density at radius 1 is 1.47 bits per heavy atom. The summed E-state index contributed by atoms with van der Waals surface area (Å²) in [6, 6.07) is 3.53. The fourth-order valence-electron chi connectivity index (χ4n) is 1.49. The highest BCUT2D eigenvalue weighted by molar-refractivity contribution is 5.95. The summed E-state index contributed by atoms with van der Waals surface area (Å²) in [4.78, 5) is 15.6. The van der Waals surface area contributed by atoms with Gasteiger partial charge >= 0.3 is 0 Å². The molecule has 1 aromatic heterocycles. The van der Waals surface area contributed by atoms with Crippen molar-refractivity contribution < 1.29 is 14.3 Å². The van der Waals surface area contributed by atoms with Gasteiger partial charge in [0.25, 0.3) is 0 Å². The van der Waals surface area contributed by atoms with Gasteiger partial charge in [0.2, 0.25) is 0 Å². The molecule has 2 heterocycles. The SMILES string of the molecule is O=C(CCC1OCCO1)c1cccnc1. The smallest absolute Gasteiger partial charge is 0.164 e. The van der Waals surface area contributed by atoms with Crippen LogP contribution in [0.2, 0.25) is 0 Å². The van der Waals surface area contributed by atoms with Crippen molar-refractivity contribution in [2.75, 3.05) is 13.2 Å². The minimum Gasteiger partial charge on any atom is -0.350 e. The number of ketones is 1. The summed E-state index contributed by atoms with van der Waals surface area (Å²) >= 11 is 0. The van der Waals surface area contributed by atoms with Crippen LogP contribution in [-0.2, 0) is 9.47 Å². The monoisotopic (exact) mass is 207 g/mol. The van der Waals surface area contributed by atoms with Crippen LogP contribution in [0.1, 0.15) is 23.2 Å². The third kappa shape index (κ3) is 2.84. The molecule has 0 aromatic carbocycles. The Hall–Kier alpha value is -1.26. The second-order valence-corrected chi connectivity index (χ2v) is 3.37. The van der Waals surface area contributed by atoms with Crippen LogP contribution in [0.5, 0.6) is 0 Å². The number of hydrogen-bond donors (Lipinski definition) is 0. The minimum atomic E-state index is -0.203. The molecule has 80 valence electrons. The van der Waals surface area contributed by atoms with Crippen LogP contribution in [0.15, 0.2) is 24.5 Å². The Labute approximate surface area is 88.2 Å². The van der Waals surface area contributed by atoms with Crippen molar-refractivity contribution in [1.82, 2.24) is 4.98 Å². The summed E-state index contributed by atoms with van der Waals surface area (Å²) in [6.45, 7) is 1.26. The fourth-order valence-corrected chi connectivity index (χ4v) is 1.49. The Morgan fingerprint density at radius 3 is 2.93 bits per heavy atom. The molecule has 0 N–H and O–H groups in total. The number of rotatable bonds is 4. The van der Waals surface area contributed by atoms with Gasteiger partial charge in [0, 0.05) is 30.8 Å². The molecule has 2 rings (SSSR count). The number of hydrogen-bond acceptors (Lipinski definition) is 4. The molecule has 1 aliphatic heterocycles. The van der Waals surface area contributed by atoms with Gasteiger partial charge in [0.1, 0.15) is 0 Å². The number of Topliss-reactive ketones (excluding diaryl/α,β-unsaturated/α-hetero) is 1. The van der Waals surface area contributed by atoms with Crippen LogP contribution in [0.4, 0.5) is 0 Å². The molecule has 15 heavy (non-hydrogen) atoms. The zero-order valence-electron chi connectivity index (χ0n) is 8.39. The van der Waals surface area contributed by atoms with Gasteiger partial charge in [-0.3, -0.25) is 9.78 Å². The van der Waals surface area contributed by atoms with Crippen LogP contribution in [0.3, 0.4) is 0 Å². The second-order valence-electron chi connectivity index (χ2n) is 3.37. The van der Waals surface area contributed by atoms with E-state index >= 15 is 0 Å². The molecule has 0 aliphatic carbocycles. The lowest BCUT2D eigenvalue weighted by Crippen LogP contribution is -2.10. The third-order valence-electron chi connectivity index (χ3n) is 2.28. The van der Waals surface area contributed by atoms with Gasteiger partial charge in [0.15, 0.2) is 12.1 Å². The van der Waals surface area contributed by atoms with Gasteiger partial charge in [-0.05, 0) is 12.1 Å². The first kappa shape index (κ1) is 10.3. The van der Waals surface area contributed by atoms with E-state index in [1.807, 2.05) is 0 Å². The van der Waals surface area contributed by atoms with Crippen LogP contribution in [0.25, 0.3) is 0 Å². The molecule has 0 unspecified atom stereocenters. The average molecular weight is 207 g/mol. The van der Waals surface area contributed by atoms with Crippen LogP contribution >= 0.6 is 0 Å². The summed E-state index contributed by atoms with van der Waals surface area (Å²) in [7, 11) is 0. The van der Waals surface area contributed by atoms with E-state index < -0.39 is 0 Å². The van der Waals surface area contributed by atoms with Gasteiger partial charge in [-0.15, -0.1) is 0 Å². The van der Waals surface area contributed by atoms with E-state index in [0.717, 1.165) is 0 Å². The molecule has 4 nitrogen and oxygen atoms in total. The molecular formula is C11H13NO3. The first-order valence-electron chi connectivity index (χ1n) is 5.03.